The van der Waals surface area contributed by atoms with Crippen LogP contribution in [-0.4, -0.2) is 42.3 Å². The Kier molecular flexibility index (Phi) is 4.11. The minimum atomic E-state index is -3.03. The molecule has 22 heavy (non-hydrogen) atoms. The number of benzene rings is 1. The maximum absolute atomic E-state index is 11.9. The lowest BCUT2D eigenvalue weighted by Gasteiger charge is -2.25. The number of hydrogen-bond donors (Lipinski definition) is 0. The predicted octanol–water partition coefficient (Wildman–Crippen LogP) is 2.38. The fourth-order valence-corrected chi connectivity index (χ4v) is 6.98. The number of aliphatic imine (C=N–C) groups is 1. The zero-order valence-corrected chi connectivity index (χ0v) is 15.3. The Morgan fingerprint density at radius 2 is 2.14 bits per heavy atom. The molecule has 0 saturated carbocycles. The molecule has 3 rings (SSSR count). The summed E-state index contributed by atoms with van der Waals surface area (Å²) in [5.41, 5.74) is 1.92. The molecule has 1 amide bonds. The highest BCUT2D eigenvalue weighted by Crippen LogP contribution is 2.41. The Morgan fingerprint density at radius 3 is 2.77 bits per heavy atom. The first kappa shape index (κ1) is 16.0. The van der Waals surface area contributed by atoms with Crippen molar-refractivity contribution < 1.29 is 13.2 Å². The van der Waals surface area contributed by atoms with E-state index in [1.54, 1.807) is 0 Å². The van der Waals surface area contributed by atoms with E-state index < -0.39 is 9.84 Å². The first-order valence-electron chi connectivity index (χ1n) is 6.78. The number of carbonyl (C=O) groups is 1. The van der Waals surface area contributed by atoms with Crippen LogP contribution in [-0.2, 0) is 14.6 Å². The molecule has 2 heterocycles. The molecule has 118 valence electrons. The van der Waals surface area contributed by atoms with Crippen molar-refractivity contribution in [1.29, 1.82) is 0 Å². The number of halogens is 1. The first-order chi connectivity index (χ1) is 10.3. The van der Waals surface area contributed by atoms with Gasteiger partial charge in [0.1, 0.15) is 0 Å². The molecule has 2 aliphatic rings. The number of amidine groups is 1. The molecule has 0 N–H and O–H groups in total. The molecule has 0 spiro atoms. The number of aryl methyl sites for hydroxylation is 1. The fraction of sp³-hybridized carbons (Fsp3) is 0.429. The highest BCUT2D eigenvalue weighted by atomic mass is 79.9. The van der Waals surface area contributed by atoms with E-state index in [9.17, 15) is 13.2 Å². The van der Waals surface area contributed by atoms with Gasteiger partial charge < -0.3 is 4.90 Å². The van der Waals surface area contributed by atoms with Crippen LogP contribution < -0.4 is 4.90 Å². The number of carbonyl (C=O) groups excluding carboxylic acids is 1. The van der Waals surface area contributed by atoms with Crippen LogP contribution in [0.1, 0.15) is 12.5 Å². The highest BCUT2D eigenvalue weighted by Gasteiger charge is 2.49. The van der Waals surface area contributed by atoms with Gasteiger partial charge in [0.05, 0.1) is 17.5 Å². The van der Waals surface area contributed by atoms with Gasteiger partial charge in [-0.15, -0.1) is 0 Å². The van der Waals surface area contributed by atoms with E-state index in [-0.39, 0.29) is 28.7 Å². The zero-order chi connectivity index (χ0) is 16.1. The summed E-state index contributed by atoms with van der Waals surface area (Å²) in [6.07, 6.45) is 0. The second kappa shape index (κ2) is 5.65. The van der Waals surface area contributed by atoms with E-state index in [4.69, 9.17) is 0 Å². The maximum atomic E-state index is 11.9. The Labute approximate surface area is 142 Å². The minimum absolute atomic E-state index is 0.0629. The van der Waals surface area contributed by atoms with E-state index in [0.29, 0.717) is 5.17 Å². The molecule has 1 aromatic carbocycles. The van der Waals surface area contributed by atoms with Crippen LogP contribution in [0.5, 0.6) is 0 Å². The maximum Gasteiger partial charge on any atom is 0.244 e. The predicted molar refractivity (Wildman–Crippen MR) is 93.3 cm³/mol. The third-order valence-corrected chi connectivity index (χ3v) is 7.84. The molecule has 5 nitrogen and oxygen atoms in total. The molecular formula is C14H15BrN2O3S2. The van der Waals surface area contributed by atoms with Crippen LogP contribution in [0.4, 0.5) is 5.69 Å². The number of anilines is 1. The summed E-state index contributed by atoms with van der Waals surface area (Å²) in [5.74, 6) is -0.0220. The third kappa shape index (κ3) is 2.96. The van der Waals surface area contributed by atoms with Crippen molar-refractivity contribution in [3.63, 3.8) is 0 Å². The van der Waals surface area contributed by atoms with Crippen LogP contribution >= 0.6 is 27.7 Å². The van der Waals surface area contributed by atoms with Gasteiger partial charge in [-0.3, -0.25) is 4.79 Å². The smallest absolute Gasteiger partial charge is 0.244 e. The van der Waals surface area contributed by atoms with E-state index in [1.807, 2.05) is 30.0 Å². The summed E-state index contributed by atoms with van der Waals surface area (Å²) in [6, 6.07) is 5.67. The van der Waals surface area contributed by atoms with Crippen LogP contribution in [0.2, 0.25) is 0 Å². The average Bonchev–Trinajstić information content (AvgIpc) is 2.83. The van der Waals surface area contributed by atoms with Gasteiger partial charge >= 0.3 is 0 Å². The SMILES string of the molecule is CC(=O)N=C1S[C@H]2CS(=O)(=O)C[C@H]2N1c1ccc(Br)c(C)c1. The van der Waals surface area contributed by atoms with Gasteiger partial charge in [0.2, 0.25) is 5.91 Å². The zero-order valence-electron chi connectivity index (χ0n) is 12.1. The average molecular weight is 403 g/mol. The Bertz CT molecular complexity index is 776. The van der Waals surface area contributed by atoms with Crippen molar-refractivity contribution in [2.24, 2.45) is 4.99 Å². The van der Waals surface area contributed by atoms with E-state index in [2.05, 4.69) is 20.9 Å². The number of sulfone groups is 1. The van der Waals surface area contributed by atoms with Gasteiger partial charge in [0.25, 0.3) is 0 Å². The van der Waals surface area contributed by atoms with Crippen LogP contribution in [0.15, 0.2) is 27.7 Å². The van der Waals surface area contributed by atoms with Crippen molar-refractivity contribution in [2.75, 3.05) is 16.4 Å². The molecule has 1 aromatic rings. The number of amides is 1. The van der Waals surface area contributed by atoms with Crippen molar-refractivity contribution in [3.8, 4) is 0 Å². The van der Waals surface area contributed by atoms with Gasteiger partial charge in [-0.05, 0) is 30.7 Å². The molecule has 2 saturated heterocycles. The van der Waals surface area contributed by atoms with Crippen LogP contribution in [0.25, 0.3) is 0 Å². The van der Waals surface area contributed by atoms with Crippen molar-refractivity contribution in [3.05, 3.63) is 28.2 Å². The molecule has 0 aliphatic carbocycles. The quantitative estimate of drug-likeness (QED) is 0.721. The van der Waals surface area contributed by atoms with Crippen LogP contribution in [0, 0.1) is 6.92 Å². The molecule has 2 atom stereocenters. The normalized spacial score (nSPS) is 28.1. The summed E-state index contributed by atoms with van der Waals surface area (Å²) in [7, 11) is -3.03. The van der Waals surface area contributed by atoms with E-state index in [0.717, 1.165) is 15.7 Å². The third-order valence-electron chi connectivity index (χ3n) is 3.74. The minimum Gasteiger partial charge on any atom is -0.316 e. The lowest BCUT2D eigenvalue weighted by molar-refractivity contribution is -0.115. The summed E-state index contributed by atoms with van der Waals surface area (Å²) in [6.45, 7) is 3.38. The van der Waals surface area contributed by atoms with Crippen molar-refractivity contribution in [1.82, 2.24) is 0 Å². The highest BCUT2D eigenvalue weighted by molar-refractivity contribution is 9.10. The van der Waals surface area contributed by atoms with Crippen LogP contribution in [0.3, 0.4) is 0 Å². The fourth-order valence-electron chi connectivity index (χ4n) is 2.78. The van der Waals surface area contributed by atoms with Gasteiger partial charge in [0, 0.05) is 22.3 Å². The standard InChI is InChI=1S/C14H15BrN2O3S2/c1-8-5-10(3-4-11(8)15)17-12-6-22(19,20)7-13(12)21-14(17)16-9(2)18/h3-5,12-13H,6-7H2,1-2H3/t12-,13+/m1/s1. The Balaban J connectivity index is 2.06. The van der Waals surface area contributed by atoms with Gasteiger partial charge in [-0.25, -0.2) is 8.42 Å². The molecule has 0 radical (unpaired) electrons. The van der Waals surface area contributed by atoms with E-state index >= 15 is 0 Å². The molecule has 2 fully saturated rings. The van der Waals surface area contributed by atoms with Gasteiger partial charge in [-0.1, -0.05) is 27.7 Å². The molecular weight excluding hydrogens is 388 g/mol. The molecule has 2 aliphatic heterocycles. The second-order valence-electron chi connectivity index (χ2n) is 5.52. The number of hydrogen-bond acceptors (Lipinski definition) is 4. The summed E-state index contributed by atoms with van der Waals surface area (Å²) in [5, 5.41) is 0.533. The second-order valence-corrected chi connectivity index (χ2v) is 9.73. The molecule has 8 heteroatoms. The van der Waals surface area contributed by atoms with E-state index in [1.165, 1.54) is 18.7 Å². The summed E-state index contributed by atoms with van der Waals surface area (Å²) in [4.78, 5) is 17.4. The number of fused-ring (bicyclic) bond motifs is 1. The molecule has 0 unspecified atom stereocenters. The van der Waals surface area contributed by atoms with Crippen molar-refractivity contribution in [2.45, 2.75) is 25.1 Å². The van der Waals surface area contributed by atoms with Gasteiger partial charge in [-0.2, -0.15) is 4.99 Å². The number of thioether (sulfide) groups is 1. The largest absolute Gasteiger partial charge is 0.316 e. The lowest BCUT2D eigenvalue weighted by Crippen LogP contribution is -2.37. The topological polar surface area (TPSA) is 66.8 Å². The Morgan fingerprint density at radius 1 is 1.41 bits per heavy atom. The van der Waals surface area contributed by atoms with Gasteiger partial charge in [0.15, 0.2) is 15.0 Å². The van der Waals surface area contributed by atoms with Crippen molar-refractivity contribution >= 4 is 54.3 Å². The summed E-state index contributed by atoms with van der Waals surface area (Å²) < 4.78 is 24.8. The lowest BCUT2D eigenvalue weighted by atomic mass is 10.1. The monoisotopic (exact) mass is 402 g/mol. The first-order valence-corrected chi connectivity index (χ1v) is 10.3. The Hall–Kier alpha value is -0.860. The number of rotatable bonds is 1. The molecule has 0 bridgehead atoms. The number of nitrogens with zero attached hydrogens (tertiary/aromatic N) is 2. The summed E-state index contributed by atoms with van der Waals surface area (Å²) >= 11 is 4.85. The molecule has 0 aromatic heterocycles.